The molecule has 19 heavy (non-hydrogen) atoms. The lowest BCUT2D eigenvalue weighted by atomic mass is 9.87. The Balaban J connectivity index is 2.40. The van der Waals surface area contributed by atoms with Gasteiger partial charge in [0.2, 0.25) is 5.91 Å². The quantitative estimate of drug-likeness (QED) is 0.570. The summed E-state index contributed by atoms with van der Waals surface area (Å²) >= 11 is 0. The summed E-state index contributed by atoms with van der Waals surface area (Å²) in [6.45, 7) is 2.17. The van der Waals surface area contributed by atoms with Crippen molar-refractivity contribution < 1.29 is 19.5 Å². The number of nitrogens with two attached hydrogens (primary N) is 1. The summed E-state index contributed by atoms with van der Waals surface area (Å²) in [5, 5.41) is 13.8. The summed E-state index contributed by atoms with van der Waals surface area (Å²) in [5.41, 5.74) is 4.93. The molecule has 0 bridgehead atoms. The Kier molecular flexibility index (Phi) is 5.59. The highest BCUT2D eigenvalue weighted by atomic mass is 16.4. The third kappa shape index (κ3) is 5.58. The first-order chi connectivity index (χ1) is 8.88. The second-order valence-electron chi connectivity index (χ2n) is 5.14. The van der Waals surface area contributed by atoms with Gasteiger partial charge in [0, 0.05) is 6.04 Å². The van der Waals surface area contributed by atoms with Gasteiger partial charge in [-0.1, -0.05) is 6.92 Å². The van der Waals surface area contributed by atoms with E-state index in [9.17, 15) is 14.4 Å². The number of nitrogens with one attached hydrogen (secondary N) is 2. The Morgan fingerprint density at radius 3 is 2.32 bits per heavy atom. The Morgan fingerprint density at radius 1 is 1.26 bits per heavy atom. The average molecular weight is 271 g/mol. The van der Waals surface area contributed by atoms with E-state index < -0.39 is 30.4 Å². The number of carboxylic acids is 1. The molecule has 1 fully saturated rings. The number of aliphatic carboxylic acids is 1. The Morgan fingerprint density at radius 2 is 1.84 bits per heavy atom. The second-order valence-corrected chi connectivity index (χ2v) is 5.14. The minimum absolute atomic E-state index is 0.0687. The summed E-state index contributed by atoms with van der Waals surface area (Å²) in [4.78, 5) is 33.2. The maximum absolute atomic E-state index is 11.7. The molecule has 108 valence electrons. The Hall–Kier alpha value is -1.79. The van der Waals surface area contributed by atoms with Gasteiger partial charge in [0.15, 0.2) is 0 Å². The third-order valence-electron chi connectivity index (χ3n) is 3.36. The molecule has 1 saturated carbocycles. The number of rotatable bonds is 5. The van der Waals surface area contributed by atoms with Crippen molar-refractivity contribution in [1.82, 2.24) is 10.6 Å². The molecule has 0 aromatic heterocycles. The van der Waals surface area contributed by atoms with Crippen LogP contribution in [0.3, 0.4) is 0 Å². The van der Waals surface area contributed by atoms with E-state index in [1.54, 1.807) is 0 Å². The van der Waals surface area contributed by atoms with Gasteiger partial charge in [-0.3, -0.25) is 4.79 Å². The summed E-state index contributed by atoms with van der Waals surface area (Å²) in [6.07, 6.45) is 3.47. The molecule has 0 aromatic carbocycles. The van der Waals surface area contributed by atoms with Crippen LogP contribution in [-0.2, 0) is 9.59 Å². The van der Waals surface area contributed by atoms with Crippen molar-refractivity contribution in [3.05, 3.63) is 0 Å². The number of hydrogen-bond acceptors (Lipinski definition) is 3. The Bertz CT molecular complexity index is 351. The van der Waals surface area contributed by atoms with Gasteiger partial charge in [0.05, 0.1) is 6.42 Å². The van der Waals surface area contributed by atoms with E-state index in [2.05, 4.69) is 17.6 Å². The van der Waals surface area contributed by atoms with Crippen molar-refractivity contribution in [2.24, 2.45) is 11.7 Å². The highest BCUT2D eigenvalue weighted by Crippen LogP contribution is 2.23. The molecule has 1 aliphatic carbocycles. The van der Waals surface area contributed by atoms with E-state index in [-0.39, 0.29) is 6.04 Å². The van der Waals surface area contributed by atoms with Crippen LogP contribution in [0.25, 0.3) is 0 Å². The number of hydrogen-bond donors (Lipinski definition) is 4. The number of carboxylic acid groups (broad SMARTS) is 1. The van der Waals surface area contributed by atoms with Crippen molar-refractivity contribution >= 4 is 17.9 Å². The lowest BCUT2D eigenvalue weighted by molar-refractivity contribution is -0.140. The van der Waals surface area contributed by atoms with Gasteiger partial charge in [-0.2, -0.15) is 0 Å². The number of amides is 3. The SMILES string of the molecule is CC1CCC(NC(=O)N[C@H](CC(N)=O)C(=O)O)CC1. The monoisotopic (exact) mass is 271 g/mol. The second kappa shape index (κ2) is 6.96. The lowest BCUT2D eigenvalue weighted by Crippen LogP contribution is -2.50. The van der Waals surface area contributed by atoms with Crippen molar-refractivity contribution in [2.45, 2.75) is 51.1 Å². The third-order valence-corrected chi connectivity index (χ3v) is 3.36. The van der Waals surface area contributed by atoms with Crippen LogP contribution in [0.5, 0.6) is 0 Å². The predicted octanol–water partition coefficient (Wildman–Crippen LogP) is 0.193. The van der Waals surface area contributed by atoms with Crippen molar-refractivity contribution in [3.63, 3.8) is 0 Å². The molecule has 7 nitrogen and oxygen atoms in total. The molecular formula is C12H21N3O4. The van der Waals surface area contributed by atoms with Crippen LogP contribution in [0, 0.1) is 5.92 Å². The zero-order valence-corrected chi connectivity index (χ0v) is 11.0. The van der Waals surface area contributed by atoms with Crippen LogP contribution >= 0.6 is 0 Å². The normalized spacial score (nSPS) is 24.3. The van der Waals surface area contributed by atoms with Crippen LogP contribution in [0.15, 0.2) is 0 Å². The zero-order chi connectivity index (χ0) is 14.4. The van der Waals surface area contributed by atoms with Gasteiger partial charge in [-0.15, -0.1) is 0 Å². The van der Waals surface area contributed by atoms with E-state index in [1.807, 2.05) is 0 Å². The minimum atomic E-state index is -1.28. The molecular weight excluding hydrogens is 250 g/mol. The highest BCUT2D eigenvalue weighted by Gasteiger charge is 2.24. The van der Waals surface area contributed by atoms with Crippen LogP contribution in [0.4, 0.5) is 4.79 Å². The zero-order valence-electron chi connectivity index (χ0n) is 11.0. The molecule has 7 heteroatoms. The summed E-state index contributed by atoms with van der Waals surface area (Å²) in [7, 11) is 0. The molecule has 0 unspecified atom stereocenters. The summed E-state index contributed by atoms with van der Waals surface area (Å²) in [5.74, 6) is -1.37. The topological polar surface area (TPSA) is 122 Å². The van der Waals surface area contributed by atoms with Crippen molar-refractivity contribution in [3.8, 4) is 0 Å². The first-order valence-electron chi connectivity index (χ1n) is 6.46. The molecule has 0 spiro atoms. The van der Waals surface area contributed by atoms with Crippen LogP contribution < -0.4 is 16.4 Å². The molecule has 0 saturated heterocycles. The predicted molar refractivity (Wildman–Crippen MR) is 68.3 cm³/mol. The number of urea groups is 1. The lowest BCUT2D eigenvalue weighted by Gasteiger charge is -2.27. The van der Waals surface area contributed by atoms with E-state index in [4.69, 9.17) is 10.8 Å². The molecule has 1 atom stereocenters. The molecule has 3 amide bonds. The number of carbonyl (C=O) groups is 3. The molecule has 0 aliphatic heterocycles. The van der Waals surface area contributed by atoms with Gasteiger partial charge in [0.25, 0.3) is 0 Å². The fraction of sp³-hybridized carbons (Fsp3) is 0.750. The van der Waals surface area contributed by atoms with E-state index in [0.29, 0.717) is 5.92 Å². The summed E-state index contributed by atoms with van der Waals surface area (Å²) in [6, 6.07) is -1.77. The van der Waals surface area contributed by atoms with Gasteiger partial charge < -0.3 is 21.5 Å². The minimum Gasteiger partial charge on any atom is -0.480 e. The smallest absolute Gasteiger partial charge is 0.326 e. The maximum Gasteiger partial charge on any atom is 0.326 e. The maximum atomic E-state index is 11.7. The van der Waals surface area contributed by atoms with Gasteiger partial charge in [0.1, 0.15) is 6.04 Å². The summed E-state index contributed by atoms with van der Waals surface area (Å²) < 4.78 is 0. The largest absolute Gasteiger partial charge is 0.480 e. The van der Waals surface area contributed by atoms with E-state index >= 15 is 0 Å². The molecule has 0 aromatic rings. The van der Waals surface area contributed by atoms with Crippen molar-refractivity contribution in [1.29, 1.82) is 0 Å². The number of carbonyl (C=O) groups excluding carboxylic acids is 2. The standard InChI is InChI=1S/C12H21N3O4/c1-7-2-4-8(5-3-7)14-12(19)15-9(11(17)18)6-10(13)16/h7-9H,2-6H2,1H3,(H2,13,16)(H,17,18)(H2,14,15,19)/t7?,8?,9-/m1/s1. The van der Waals surface area contributed by atoms with Gasteiger partial charge in [-0.05, 0) is 31.6 Å². The fourth-order valence-corrected chi connectivity index (χ4v) is 2.19. The molecule has 1 aliphatic rings. The molecule has 1 rings (SSSR count). The molecule has 0 radical (unpaired) electrons. The molecule has 5 N–H and O–H groups in total. The van der Waals surface area contributed by atoms with Crippen LogP contribution in [-0.4, -0.2) is 35.1 Å². The van der Waals surface area contributed by atoms with Crippen molar-refractivity contribution in [2.75, 3.05) is 0 Å². The first-order valence-corrected chi connectivity index (χ1v) is 6.46. The average Bonchev–Trinajstić information content (AvgIpc) is 2.30. The van der Waals surface area contributed by atoms with E-state index in [1.165, 1.54) is 0 Å². The first kappa shape index (κ1) is 15.3. The molecule has 0 heterocycles. The van der Waals surface area contributed by atoms with Crippen LogP contribution in [0.1, 0.15) is 39.0 Å². The highest BCUT2D eigenvalue weighted by molar-refractivity contribution is 5.87. The van der Waals surface area contributed by atoms with Gasteiger partial charge in [-0.25, -0.2) is 9.59 Å². The van der Waals surface area contributed by atoms with E-state index in [0.717, 1.165) is 25.7 Å². The Labute approximate surface area is 111 Å². The van der Waals surface area contributed by atoms with Crippen LogP contribution in [0.2, 0.25) is 0 Å². The number of primary amides is 1. The van der Waals surface area contributed by atoms with Gasteiger partial charge >= 0.3 is 12.0 Å². The fourth-order valence-electron chi connectivity index (χ4n) is 2.19.